The lowest BCUT2D eigenvalue weighted by Crippen LogP contribution is -2.39. The molecule has 0 radical (unpaired) electrons. The highest BCUT2D eigenvalue weighted by molar-refractivity contribution is 7.89. The molecule has 0 aromatic heterocycles. The Hall–Kier alpha value is -1.27. The van der Waals surface area contributed by atoms with Crippen LogP contribution in [0.5, 0.6) is 5.75 Å². The van der Waals surface area contributed by atoms with E-state index in [1.165, 1.54) is 13.2 Å². The number of sulfonamides is 1. The van der Waals surface area contributed by atoms with Crippen molar-refractivity contribution in [2.45, 2.75) is 50.1 Å². The van der Waals surface area contributed by atoms with Crippen molar-refractivity contribution in [3.63, 3.8) is 0 Å². The molecule has 1 fully saturated rings. The van der Waals surface area contributed by atoms with Crippen LogP contribution in [0.15, 0.2) is 23.1 Å². The van der Waals surface area contributed by atoms with E-state index in [0.717, 1.165) is 19.3 Å². The fourth-order valence-electron chi connectivity index (χ4n) is 2.88. The summed E-state index contributed by atoms with van der Waals surface area (Å²) in [6.45, 7) is 3.97. The van der Waals surface area contributed by atoms with Crippen molar-refractivity contribution in [3.05, 3.63) is 18.2 Å². The average molecular weight is 298 g/mol. The van der Waals surface area contributed by atoms with Crippen molar-refractivity contribution >= 4 is 15.7 Å². The lowest BCUT2D eigenvalue weighted by molar-refractivity contribution is 0.325. The van der Waals surface area contributed by atoms with Gasteiger partial charge in [0.1, 0.15) is 10.6 Å². The molecule has 1 aliphatic heterocycles. The Morgan fingerprint density at radius 2 is 2.10 bits per heavy atom. The van der Waals surface area contributed by atoms with Crippen molar-refractivity contribution in [2.75, 3.05) is 12.8 Å². The number of hydrogen-bond donors (Lipinski definition) is 1. The first-order chi connectivity index (χ1) is 9.41. The van der Waals surface area contributed by atoms with Crippen LogP contribution in [-0.2, 0) is 10.0 Å². The Bertz CT molecular complexity index is 586. The minimum absolute atomic E-state index is 0.0206. The molecule has 20 heavy (non-hydrogen) atoms. The Morgan fingerprint density at radius 3 is 2.70 bits per heavy atom. The van der Waals surface area contributed by atoms with Gasteiger partial charge < -0.3 is 10.5 Å². The Kier molecular flexibility index (Phi) is 4.25. The second kappa shape index (κ2) is 5.61. The lowest BCUT2D eigenvalue weighted by Gasteiger charge is -2.27. The maximum absolute atomic E-state index is 12.9. The Labute approximate surface area is 120 Å². The van der Waals surface area contributed by atoms with Crippen LogP contribution in [0, 0.1) is 0 Å². The van der Waals surface area contributed by atoms with E-state index in [-0.39, 0.29) is 17.0 Å². The molecule has 1 saturated heterocycles. The zero-order valence-corrected chi connectivity index (χ0v) is 13.0. The molecule has 2 rings (SSSR count). The second-order valence-corrected chi connectivity index (χ2v) is 7.05. The van der Waals surface area contributed by atoms with E-state index in [1.807, 2.05) is 13.8 Å². The van der Waals surface area contributed by atoms with Crippen LogP contribution < -0.4 is 10.5 Å². The molecule has 0 amide bonds. The van der Waals surface area contributed by atoms with Crippen LogP contribution in [0.1, 0.15) is 33.1 Å². The predicted molar refractivity (Wildman–Crippen MR) is 79.2 cm³/mol. The molecule has 1 heterocycles. The number of nitrogens with zero attached hydrogens (tertiary/aromatic N) is 1. The number of hydrogen-bond acceptors (Lipinski definition) is 4. The molecule has 2 unspecified atom stereocenters. The molecule has 2 atom stereocenters. The summed E-state index contributed by atoms with van der Waals surface area (Å²) in [5, 5.41) is 0. The molecular formula is C14H22N2O3S. The van der Waals surface area contributed by atoms with Gasteiger partial charge in [-0.2, -0.15) is 4.31 Å². The smallest absolute Gasteiger partial charge is 0.247 e. The van der Waals surface area contributed by atoms with E-state index in [2.05, 4.69) is 0 Å². The number of anilines is 1. The van der Waals surface area contributed by atoms with Gasteiger partial charge in [-0.3, -0.25) is 0 Å². The van der Waals surface area contributed by atoms with E-state index in [4.69, 9.17) is 10.5 Å². The normalized spacial score (nSPS) is 23.9. The number of methoxy groups -OCH3 is 1. The van der Waals surface area contributed by atoms with Crippen LogP contribution in [0.3, 0.4) is 0 Å². The number of nitrogens with two attached hydrogens (primary N) is 1. The molecule has 0 saturated carbocycles. The SMILES string of the molecule is CCC1CCC(C)N1S(=O)(=O)c1ccc(N)cc1OC. The van der Waals surface area contributed by atoms with Crippen molar-refractivity contribution in [2.24, 2.45) is 0 Å². The molecule has 6 heteroatoms. The third kappa shape index (κ3) is 2.50. The van der Waals surface area contributed by atoms with Gasteiger partial charge in [-0.05, 0) is 38.3 Å². The summed E-state index contributed by atoms with van der Waals surface area (Å²) in [5.41, 5.74) is 6.18. The molecule has 1 aromatic carbocycles. The third-order valence-corrected chi connectivity index (χ3v) is 6.03. The molecule has 112 valence electrons. The van der Waals surface area contributed by atoms with Gasteiger partial charge in [-0.1, -0.05) is 6.92 Å². The van der Waals surface area contributed by atoms with Gasteiger partial charge >= 0.3 is 0 Å². The van der Waals surface area contributed by atoms with E-state index in [1.54, 1.807) is 16.4 Å². The van der Waals surface area contributed by atoms with Gasteiger partial charge in [0.25, 0.3) is 0 Å². The summed E-state index contributed by atoms with van der Waals surface area (Å²) in [6.07, 6.45) is 2.63. The highest BCUT2D eigenvalue weighted by atomic mass is 32.2. The van der Waals surface area contributed by atoms with Crippen LogP contribution in [0.4, 0.5) is 5.69 Å². The van der Waals surface area contributed by atoms with Crippen molar-refractivity contribution in [1.29, 1.82) is 0 Å². The Balaban J connectivity index is 2.50. The summed E-state index contributed by atoms with van der Waals surface area (Å²) in [7, 11) is -2.10. The summed E-state index contributed by atoms with van der Waals surface area (Å²) in [5.74, 6) is 0.305. The quantitative estimate of drug-likeness (QED) is 0.865. The highest BCUT2D eigenvalue weighted by Gasteiger charge is 2.40. The van der Waals surface area contributed by atoms with Crippen LogP contribution in [0.2, 0.25) is 0 Å². The van der Waals surface area contributed by atoms with Gasteiger partial charge in [0, 0.05) is 23.8 Å². The summed E-state index contributed by atoms with van der Waals surface area (Å²) >= 11 is 0. The highest BCUT2D eigenvalue weighted by Crippen LogP contribution is 2.36. The van der Waals surface area contributed by atoms with E-state index >= 15 is 0 Å². The molecule has 1 aromatic rings. The molecular weight excluding hydrogens is 276 g/mol. The Morgan fingerprint density at radius 1 is 1.40 bits per heavy atom. The van der Waals surface area contributed by atoms with Crippen LogP contribution in [0.25, 0.3) is 0 Å². The first-order valence-electron chi connectivity index (χ1n) is 6.88. The van der Waals surface area contributed by atoms with Crippen LogP contribution >= 0.6 is 0 Å². The molecule has 1 aliphatic rings. The molecule has 0 spiro atoms. The van der Waals surface area contributed by atoms with Gasteiger partial charge in [-0.25, -0.2) is 8.42 Å². The fourth-order valence-corrected chi connectivity index (χ4v) is 4.97. The number of ether oxygens (including phenoxy) is 1. The van der Waals surface area contributed by atoms with E-state index in [0.29, 0.717) is 11.4 Å². The van der Waals surface area contributed by atoms with Crippen LogP contribution in [-0.4, -0.2) is 31.9 Å². The molecule has 5 nitrogen and oxygen atoms in total. The van der Waals surface area contributed by atoms with Gasteiger partial charge in [-0.15, -0.1) is 0 Å². The predicted octanol–water partition coefficient (Wildman–Crippen LogP) is 2.23. The first-order valence-corrected chi connectivity index (χ1v) is 8.32. The number of benzene rings is 1. The topological polar surface area (TPSA) is 72.6 Å². The second-order valence-electron chi connectivity index (χ2n) is 5.23. The maximum atomic E-state index is 12.9. The van der Waals surface area contributed by atoms with Crippen molar-refractivity contribution in [1.82, 2.24) is 4.31 Å². The minimum Gasteiger partial charge on any atom is -0.495 e. The number of nitrogen functional groups attached to an aromatic ring is 1. The monoisotopic (exact) mass is 298 g/mol. The third-order valence-electron chi connectivity index (χ3n) is 3.93. The molecule has 0 bridgehead atoms. The van der Waals surface area contributed by atoms with Gasteiger partial charge in [0.15, 0.2) is 0 Å². The van der Waals surface area contributed by atoms with E-state index < -0.39 is 10.0 Å². The number of rotatable bonds is 4. The lowest BCUT2D eigenvalue weighted by atomic mass is 10.2. The zero-order chi connectivity index (χ0) is 14.9. The summed E-state index contributed by atoms with van der Waals surface area (Å²) in [4.78, 5) is 0.196. The maximum Gasteiger partial charge on any atom is 0.247 e. The van der Waals surface area contributed by atoms with Gasteiger partial charge in [0.05, 0.1) is 7.11 Å². The minimum atomic E-state index is -3.56. The van der Waals surface area contributed by atoms with E-state index in [9.17, 15) is 8.42 Å². The fraction of sp³-hybridized carbons (Fsp3) is 0.571. The first kappa shape index (κ1) is 15.1. The largest absolute Gasteiger partial charge is 0.495 e. The molecule has 0 aliphatic carbocycles. The standard InChI is InChI=1S/C14H22N2O3S/c1-4-12-7-5-10(2)16(12)20(17,18)14-8-6-11(15)9-13(14)19-3/h6,8-10,12H,4-5,7,15H2,1-3H3. The summed E-state index contributed by atoms with van der Waals surface area (Å²) in [6, 6.07) is 4.76. The average Bonchev–Trinajstić information content (AvgIpc) is 2.80. The molecule has 2 N–H and O–H groups in total. The zero-order valence-electron chi connectivity index (χ0n) is 12.2. The van der Waals surface area contributed by atoms with Gasteiger partial charge in [0.2, 0.25) is 10.0 Å². The van der Waals surface area contributed by atoms with Crippen molar-refractivity contribution in [3.8, 4) is 5.75 Å². The van der Waals surface area contributed by atoms with Crippen molar-refractivity contribution < 1.29 is 13.2 Å². The summed E-state index contributed by atoms with van der Waals surface area (Å²) < 4.78 is 32.6.